The second-order valence-corrected chi connectivity index (χ2v) is 9.14. The van der Waals surface area contributed by atoms with Gasteiger partial charge < -0.3 is 14.8 Å². The first-order valence-electron chi connectivity index (χ1n) is 12.0. The Bertz CT molecular complexity index is 1280. The zero-order valence-electron chi connectivity index (χ0n) is 19.6. The van der Waals surface area contributed by atoms with Crippen molar-refractivity contribution in [3.05, 3.63) is 89.2 Å². The van der Waals surface area contributed by atoms with E-state index >= 15 is 0 Å². The lowest BCUT2D eigenvalue weighted by atomic mass is 10.0. The Labute approximate surface area is 200 Å². The van der Waals surface area contributed by atoms with Crippen molar-refractivity contribution in [3.8, 4) is 6.07 Å². The number of aromatic nitrogens is 3. The van der Waals surface area contributed by atoms with E-state index in [1.54, 1.807) is 0 Å². The van der Waals surface area contributed by atoms with Crippen molar-refractivity contribution in [1.29, 1.82) is 5.26 Å². The lowest BCUT2D eigenvalue weighted by Gasteiger charge is -2.32. The van der Waals surface area contributed by atoms with Gasteiger partial charge in [0, 0.05) is 37.6 Å². The van der Waals surface area contributed by atoms with E-state index in [1.165, 1.54) is 11.1 Å². The molecule has 4 aromatic rings. The minimum absolute atomic E-state index is 0.415. The molecule has 172 valence electrons. The molecule has 1 saturated heterocycles. The van der Waals surface area contributed by atoms with Gasteiger partial charge in [-0.25, -0.2) is 4.98 Å². The number of nitrogens with one attached hydrogen (secondary N) is 1. The Balaban J connectivity index is 1.21. The molecule has 2 aromatic carbocycles. The van der Waals surface area contributed by atoms with Crippen LogP contribution in [0, 0.1) is 18.3 Å². The Morgan fingerprint density at radius 2 is 1.76 bits per heavy atom. The lowest BCUT2D eigenvalue weighted by Crippen LogP contribution is -2.40. The fraction of sp³-hybridized carbons (Fsp3) is 0.321. The first-order chi connectivity index (χ1) is 16.7. The molecule has 0 radical (unpaired) electrons. The van der Waals surface area contributed by atoms with Gasteiger partial charge in [0.25, 0.3) is 0 Å². The molecule has 6 nitrogen and oxygen atoms in total. The van der Waals surface area contributed by atoms with Gasteiger partial charge in [-0.1, -0.05) is 30.3 Å². The highest BCUT2D eigenvalue weighted by molar-refractivity contribution is 5.78. The number of likely N-dealkylation sites (tertiary alicyclic amines) is 1. The summed E-state index contributed by atoms with van der Waals surface area (Å²) in [6.45, 7) is 5.98. The van der Waals surface area contributed by atoms with Gasteiger partial charge in [0.1, 0.15) is 0 Å². The highest BCUT2D eigenvalue weighted by Gasteiger charge is 2.21. The van der Waals surface area contributed by atoms with Gasteiger partial charge in [0.2, 0.25) is 5.95 Å². The third-order valence-electron chi connectivity index (χ3n) is 6.69. The monoisotopic (exact) mass is 450 g/mol. The van der Waals surface area contributed by atoms with Crippen molar-refractivity contribution in [1.82, 2.24) is 19.4 Å². The zero-order chi connectivity index (χ0) is 23.3. The predicted octanol–water partition coefficient (Wildman–Crippen LogP) is 4.78. The third-order valence-corrected chi connectivity index (χ3v) is 6.69. The van der Waals surface area contributed by atoms with Gasteiger partial charge in [-0.05, 0) is 67.6 Å². The molecular weight excluding hydrogens is 420 g/mol. The fourth-order valence-corrected chi connectivity index (χ4v) is 4.64. The number of hydrogen-bond donors (Lipinski definition) is 1. The van der Waals surface area contributed by atoms with Crippen LogP contribution in [-0.4, -0.2) is 45.1 Å². The normalized spacial score (nSPS) is 14.8. The van der Waals surface area contributed by atoms with Crippen LogP contribution >= 0.6 is 0 Å². The maximum absolute atomic E-state index is 8.96. The average molecular weight is 451 g/mol. The van der Waals surface area contributed by atoms with E-state index in [1.807, 2.05) is 31.3 Å². The molecule has 2 aromatic heterocycles. The highest BCUT2D eigenvalue weighted by atomic mass is 15.2. The topological polar surface area (TPSA) is 69.8 Å². The number of hydrogen-bond acceptors (Lipinski definition) is 5. The van der Waals surface area contributed by atoms with E-state index in [2.05, 4.69) is 68.3 Å². The average Bonchev–Trinajstić information content (AvgIpc) is 3.22. The molecule has 0 spiro atoms. The second-order valence-electron chi connectivity index (χ2n) is 9.14. The second kappa shape index (κ2) is 10.1. The van der Waals surface area contributed by atoms with E-state index in [-0.39, 0.29) is 0 Å². The molecule has 1 N–H and O–H groups in total. The van der Waals surface area contributed by atoms with Crippen LogP contribution in [0.15, 0.2) is 66.9 Å². The number of nitrogens with zero attached hydrogens (tertiary/aromatic N) is 5. The summed E-state index contributed by atoms with van der Waals surface area (Å²) in [5.41, 5.74) is 6.38. The first kappa shape index (κ1) is 22.1. The fourth-order valence-electron chi connectivity index (χ4n) is 4.64. The van der Waals surface area contributed by atoms with Crippen LogP contribution in [0.4, 0.5) is 5.95 Å². The molecule has 0 aliphatic carbocycles. The lowest BCUT2D eigenvalue weighted by molar-refractivity contribution is 0.221. The van der Waals surface area contributed by atoms with Crippen molar-refractivity contribution in [3.63, 3.8) is 0 Å². The van der Waals surface area contributed by atoms with E-state index in [0.717, 1.165) is 73.7 Å². The molecule has 0 bridgehead atoms. The number of para-hydroxylation sites is 2. The van der Waals surface area contributed by atoms with E-state index in [4.69, 9.17) is 10.2 Å². The van der Waals surface area contributed by atoms with Crippen molar-refractivity contribution in [2.45, 2.75) is 38.8 Å². The standard InChI is InChI=1S/C28H30N6/c1-21-6-7-24(19-30-21)20-34-27-5-3-2-4-26(27)32-28(34)31-25-13-16-33(17-14-25)15-12-22-8-10-23(18-29)11-9-22/h2-11,19,25H,12-17,20H2,1H3,(H,31,32). The Hall–Kier alpha value is -3.69. The summed E-state index contributed by atoms with van der Waals surface area (Å²) in [5, 5.41) is 12.7. The molecule has 1 aliphatic rings. The molecule has 5 rings (SSSR count). The maximum Gasteiger partial charge on any atom is 0.204 e. The Morgan fingerprint density at radius 3 is 2.50 bits per heavy atom. The molecule has 6 heteroatoms. The number of pyridine rings is 1. The number of benzene rings is 2. The van der Waals surface area contributed by atoms with E-state index in [9.17, 15) is 0 Å². The number of aryl methyl sites for hydroxylation is 1. The smallest absolute Gasteiger partial charge is 0.204 e. The number of anilines is 1. The summed E-state index contributed by atoms with van der Waals surface area (Å²) < 4.78 is 2.28. The summed E-state index contributed by atoms with van der Waals surface area (Å²) in [7, 11) is 0. The van der Waals surface area contributed by atoms with Crippen LogP contribution in [0.5, 0.6) is 0 Å². The van der Waals surface area contributed by atoms with Crippen LogP contribution in [0.3, 0.4) is 0 Å². The Kier molecular flexibility index (Phi) is 6.55. The summed E-state index contributed by atoms with van der Waals surface area (Å²) in [6, 6.07) is 23.1. The summed E-state index contributed by atoms with van der Waals surface area (Å²) in [4.78, 5) is 11.9. The highest BCUT2D eigenvalue weighted by Crippen LogP contribution is 2.24. The number of imidazole rings is 1. The molecule has 0 unspecified atom stereocenters. The number of piperidine rings is 1. The van der Waals surface area contributed by atoms with Gasteiger partial charge in [-0.3, -0.25) is 4.98 Å². The van der Waals surface area contributed by atoms with Gasteiger partial charge >= 0.3 is 0 Å². The van der Waals surface area contributed by atoms with Crippen LogP contribution in [0.2, 0.25) is 0 Å². The largest absolute Gasteiger partial charge is 0.353 e. The maximum atomic E-state index is 8.96. The van der Waals surface area contributed by atoms with Crippen LogP contribution in [0.25, 0.3) is 11.0 Å². The van der Waals surface area contributed by atoms with E-state index in [0.29, 0.717) is 6.04 Å². The molecule has 34 heavy (non-hydrogen) atoms. The minimum Gasteiger partial charge on any atom is -0.353 e. The minimum atomic E-state index is 0.415. The number of nitriles is 1. The van der Waals surface area contributed by atoms with Gasteiger partial charge in [0.05, 0.1) is 29.2 Å². The van der Waals surface area contributed by atoms with Crippen molar-refractivity contribution < 1.29 is 0 Å². The van der Waals surface area contributed by atoms with Crippen molar-refractivity contribution >= 4 is 17.0 Å². The van der Waals surface area contributed by atoms with Gasteiger partial charge in [-0.15, -0.1) is 0 Å². The quantitative estimate of drug-likeness (QED) is 0.439. The third kappa shape index (κ3) is 5.11. The number of fused-ring (bicyclic) bond motifs is 1. The summed E-state index contributed by atoms with van der Waals surface area (Å²) in [5.74, 6) is 0.942. The first-order valence-corrected chi connectivity index (χ1v) is 12.0. The Morgan fingerprint density at radius 1 is 1.00 bits per heavy atom. The van der Waals surface area contributed by atoms with Crippen molar-refractivity contribution in [2.24, 2.45) is 0 Å². The van der Waals surface area contributed by atoms with Crippen LogP contribution in [0.1, 0.15) is 35.2 Å². The zero-order valence-corrected chi connectivity index (χ0v) is 19.6. The molecule has 1 aliphatic heterocycles. The molecule has 1 fully saturated rings. The summed E-state index contributed by atoms with van der Waals surface area (Å²) in [6.07, 6.45) is 5.18. The number of rotatable bonds is 7. The van der Waals surface area contributed by atoms with Crippen molar-refractivity contribution in [2.75, 3.05) is 25.0 Å². The van der Waals surface area contributed by atoms with Gasteiger partial charge in [-0.2, -0.15) is 5.26 Å². The molecule has 3 heterocycles. The predicted molar refractivity (Wildman–Crippen MR) is 136 cm³/mol. The van der Waals surface area contributed by atoms with Crippen LogP contribution in [-0.2, 0) is 13.0 Å². The summed E-state index contributed by atoms with van der Waals surface area (Å²) >= 11 is 0. The molecule has 0 atom stereocenters. The van der Waals surface area contributed by atoms with Crippen LogP contribution < -0.4 is 5.32 Å². The van der Waals surface area contributed by atoms with Gasteiger partial charge in [0.15, 0.2) is 0 Å². The SMILES string of the molecule is Cc1ccc(Cn2c(NC3CCN(CCc4ccc(C#N)cc4)CC3)nc3ccccc32)cn1. The van der Waals surface area contributed by atoms with E-state index < -0.39 is 0 Å². The molecule has 0 amide bonds. The molecular formula is C28H30N6. The molecule has 0 saturated carbocycles.